The van der Waals surface area contributed by atoms with Crippen molar-refractivity contribution in [2.24, 2.45) is 0 Å². The highest BCUT2D eigenvalue weighted by Gasteiger charge is 2.38. The van der Waals surface area contributed by atoms with Crippen LogP contribution in [-0.4, -0.2) is 55.1 Å². The maximum atomic E-state index is 13.1. The van der Waals surface area contributed by atoms with Gasteiger partial charge in [-0.3, -0.25) is 9.69 Å². The van der Waals surface area contributed by atoms with Crippen LogP contribution in [0.5, 0.6) is 0 Å². The second-order valence-electron chi connectivity index (χ2n) is 6.64. The van der Waals surface area contributed by atoms with Crippen LogP contribution in [0.15, 0.2) is 18.2 Å². The summed E-state index contributed by atoms with van der Waals surface area (Å²) < 4.78 is 0. The highest BCUT2D eigenvalue weighted by Crippen LogP contribution is 2.32. The minimum Gasteiger partial charge on any atom is -0.336 e. The zero-order valence-electron chi connectivity index (χ0n) is 13.4. The van der Waals surface area contributed by atoms with Crippen molar-refractivity contribution in [3.8, 4) is 0 Å². The zero-order valence-corrected chi connectivity index (χ0v) is 14.2. The molecular weight excluding hydrogens is 328 g/mol. The van der Waals surface area contributed by atoms with Crippen LogP contribution >= 0.6 is 11.6 Å². The quantitative estimate of drug-likeness (QED) is 0.857. The van der Waals surface area contributed by atoms with Crippen molar-refractivity contribution in [1.82, 2.24) is 15.5 Å². The molecule has 3 aliphatic rings. The molecule has 3 aliphatic heterocycles. The van der Waals surface area contributed by atoms with Crippen molar-refractivity contribution < 1.29 is 9.59 Å². The standard InChI is InChI=1S/C17H21ClN4O2/c18-14-4-1-11(9-15(14)21-8-7-20-17(21)24)16(23)22-12-2-3-13(22)10-19-6-5-12/h1,4,9,12-13,19H,2-3,5-8,10H2,(H,20,24). The van der Waals surface area contributed by atoms with Crippen LogP contribution in [0.1, 0.15) is 29.6 Å². The molecule has 1 aromatic carbocycles. The number of fused-ring (bicyclic) bond motifs is 2. The van der Waals surface area contributed by atoms with Gasteiger partial charge < -0.3 is 15.5 Å². The number of rotatable bonds is 2. The fraction of sp³-hybridized carbons (Fsp3) is 0.529. The van der Waals surface area contributed by atoms with E-state index in [2.05, 4.69) is 10.6 Å². The number of nitrogens with zero attached hydrogens (tertiary/aromatic N) is 2. The molecule has 2 bridgehead atoms. The highest BCUT2D eigenvalue weighted by atomic mass is 35.5. The number of nitrogens with one attached hydrogen (secondary N) is 2. The largest absolute Gasteiger partial charge is 0.336 e. The van der Waals surface area contributed by atoms with Gasteiger partial charge in [-0.1, -0.05) is 11.6 Å². The molecule has 7 heteroatoms. The summed E-state index contributed by atoms with van der Waals surface area (Å²) in [5, 5.41) is 6.66. The van der Waals surface area contributed by atoms with Crippen molar-refractivity contribution in [2.45, 2.75) is 31.3 Å². The SMILES string of the molecule is O=C1NCCN1c1cc(C(=O)N2C3CCNCC2CC3)ccc1Cl. The number of halogens is 1. The number of carbonyl (C=O) groups excluding carboxylic acids is 2. The number of urea groups is 1. The highest BCUT2D eigenvalue weighted by molar-refractivity contribution is 6.34. The Morgan fingerprint density at radius 2 is 2.00 bits per heavy atom. The van der Waals surface area contributed by atoms with E-state index in [1.165, 1.54) is 0 Å². The van der Waals surface area contributed by atoms with Crippen molar-refractivity contribution in [1.29, 1.82) is 0 Å². The summed E-state index contributed by atoms with van der Waals surface area (Å²) in [4.78, 5) is 28.7. The molecule has 0 spiro atoms. The Bertz CT molecular complexity index is 667. The van der Waals surface area contributed by atoms with Crippen molar-refractivity contribution in [2.75, 3.05) is 31.1 Å². The molecule has 3 amide bonds. The molecule has 1 aromatic rings. The van der Waals surface area contributed by atoms with Crippen molar-refractivity contribution in [3.05, 3.63) is 28.8 Å². The first-order valence-electron chi connectivity index (χ1n) is 8.53. The van der Waals surface area contributed by atoms with E-state index in [9.17, 15) is 9.59 Å². The molecule has 24 heavy (non-hydrogen) atoms. The van der Waals surface area contributed by atoms with E-state index < -0.39 is 0 Å². The second kappa shape index (κ2) is 6.26. The summed E-state index contributed by atoms with van der Waals surface area (Å²) in [5.74, 6) is 0.0451. The summed E-state index contributed by atoms with van der Waals surface area (Å²) in [6.07, 6.45) is 3.13. The van der Waals surface area contributed by atoms with E-state index in [-0.39, 0.29) is 18.0 Å². The van der Waals surface area contributed by atoms with Gasteiger partial charge in [0.15, 0.2) is 0 Å². The number of benzene rings is 1. The molecule has 0 saturated carbocycles. The lowest BCUT2D eigenvalue weighted by molar-refractivity contribution is 0.0680. The smallest absolute Gasteiger partial charge is 0.322 e. The number of carbonyl (C=O) groups is 2. The summed E-state index contributed by atoms with van der Waals surface area (Å²) in [6, 6.07) is 5.65. The molecule has 0 aromatic heterocycles. The lowest BCUT2D eigenvalue weighted by Crippen LogP contribution is -2.42. The van der Waals surface area contributed by atoms with Crippen LogP contribution in [0.2, 0.25) is 5.02 Å². The monoisotopic (exact) mass is 348 g/mol. The van der Waals surface area contributed by atoms with Crippen LogP contribution in [0.3, 0.4) is 0 Å². The molecule has 6 nitrogen and oxygen atoms in total. The molecule has 2 atom stereocenters. The van der Waals surface area contributed by atoms with Gasteiger partial charge in [-0.2, -0.15) is 0 Å². The molecular formula is C17H21ClN4O2. The third-order valence-electron chi connectivity index (χ3n) is 5.23. The first kappa shape index (κ1) is 15.7. The molecule has 2 unspecified atom stereocenters. The molecule has 4 rings (SSSR count). The molecule has 128 valence electrons. The molecule has 0 radical (unpaired) electrons. The van der Waals surface area contributed by atoms with Gasteiger partial charge in [-0.05, 0) is 44.0 Å². The minimum absolute atomic E-state index is 0.0451. The number of anilines is 1. The summed E-state index contributed by atoms with van der Waals surface area (Å²) in [6.45, 7) is 2.98. The topological polar surface area (TPSA) is 64.7 Å². The maximum absolute atomic E-state index is 13.1. The predicted molar refractivity (Wildman–Crippen MR) is 92.7 cm³/mol. The molecule has 3 heterocycles. The van der Waals surface area contributed by atoms with Crippen LogP contribution in [0, 0.1) is 0 Å². The van der Waals surface area contributed by atoms with E-state index in [1.807, 2.05) is 4.90 Å². The van der Waals surface area contributed by atoms with Crippen LogP contribution in [0.25, 0.3) is 0 Å². The lowest BCUT2D eigenvalue weighted by atomic mass is 10.1. The Morgan fingerprint density at radius 3 is 2.79 bits per heavy atom. The van der Waals surface area contributed by atoms with Gasteiger partial charge in [-0.15, -0.1) is 0 Å². The second-order valence-corrected chi connectivity index (χ2v) is 7.05. The van der Waals surface area contributed by atoms with E-state index in [0.717, 1.165) is 32.4 Å². The summed E-state index contributed by atoms with van der Waals surface area (Å²) in [7, 11) is 0. The average molecular weight is 349 g/mol. The third-order valence-corrected chi connectivity index (χ3v) is 5.55. The number of amides is 3. The Balaban J connectivity index is 1.64. The van der Waals surface area contributed by atoms with Gasteiger partial charge in [0.1, 0.15) is 0 Å². The predicted octanol–water partition coefficient (Wildman–Crippen LogP) is 1.84. The van der Waals surface area contributed by atoms with Crippen molar-refractivity contribution in [3.63, 3.8) is 0 Å². The Labute approximate surface area is 146 Å². The number of hydrogen-bond donors (Lipinski definition) is 2. The van der Waals surface area contributed by atoms with Crippen molar-refractivity contribution >= 4 is 29.2 Å². The Morgan fingerprint density at radius 1 is 1.17 bits per heavy atom. The van der Waals surface area contributed by atoms with E-state index >= 15 is 0 Å². The van der Waals surface area contributed by atoms with Gasteiger partial charge in [0.05, 0.1) is 10.7 Å². The molecule has 2 N–H and O–H groups in total. The molecule has 0 aliphatic carbocycles. The van der Waals surface area contributed by atoms with E-state index in [4.69, 9.17) is 11.6 Å². The van der Waals surface area contributed by atoms with E-state index in [1.54, 1.807) is 23.1 Å². The van der Waals surface area contributed by atoms with Gasteiger partial charge in [0.25, 0.3) is 5.91 Å². The van der Waals surface area contributed by atoms with Crippen LogP contribution < -0.4 is 15.5 Å². The van der Waals surface area contributed by atoms with Gasteiger partial charge in [0, 0.05) is 37.3 Å². The van der Waals surface area contributed by atoms with Gasteiger partial charge in [0.2, 0.25) is 0 Å². The van der Waals surface area contributed by atoms with E-state index in [0.29, 0.717) is 35.4 Å². The fourth-order valence-corrected chi connectivity index (χ4v) is 4.24. The normalized spacial score (nSPS) is 26.5. The van der Waals surface area contributed by atoms with Gasteiger partial charge in [-0.25, -0.2) is 4.79 Å². The number of hydrogen-bond acceptors (Lipinski definition) is 3. The summed E-state index contributed by atoms with van der Waals surface area (Å²) >= 11 is 6.27. The Hall–Kier alpha value is -1.79. The van der Waals surface area contributed by atoms with Crippen LogP contribution in [-0.2, 0) is 0 Å². The third kappa shape index (κ3) is 2.63. The fourth-order valence-electron chi connectivity index (χ4n) is 4.02. The molecule has 3 saturated heterocycles. The first-order chi connectivity index (χ1) is 11.6. The average Bonchev–Trinajstić information content (AvgIpc) is 3.09. The summed E-state index contributed by atoms with van der Waals surface area (Å²) in [5.41, 5.74) is 1.21. The first-order valence-corrected chi connectivity index (χ1v) is 8.91. The minimum atomic E-state index is -0.166. The van der Waals surface area contributed by atoms with Gasteiger partial charge >= 0.3 is 6.03 Å². The zero-order chi connectivity index (χ0) is 16.7. The maximum Gasteiger partial charge on any atom is 0.322 e. The molecule has 3 fully saturated rings. The van der Waals surface area contributed by atoms with Crippen LogP contribution in [0.4, 0.5) is 10.5 Å². The lowest BCUT2D eigenvalue weighted by Gasteiger charge is -2.28. The Kier molecular flexibility index (Phi) is 4.10.